The Balaban J connectivity index is 1.62. The number of thiophene rings is 1. The van der Waals surface area contributed by atoms with E-state index in [2.05, 4.69) is 21.7 Å². The molecule has 0 aliphatic heterocycles. The molecule has 2 heterocycles. The first-order valence-electron chi connectivity index (χ1n) is 6.96. The number of nitrogens with one attached hydrogen (secondary N) is 1. The van der Waals surface area contributed by atoms with E-state index in [0.717, 1.165) is 16.6 Å². The van der Waals surface area contributed by atoms with Crippen LogP contribution in [0.2, 0.25) is 0 Å². The van der Waals surface area contributed by atoms with Gasteiger partial charge in [0.05, 0.1) is 15.8 Å². The molecule has 21 heavy (non-hydrogen) atoms. The standard InChI is InChI=1S/C17H18N2OS/c1-17(20,14-5-3-2-4-6-14)12-18-10-13-9-16-15(19-11-13)7-8-21-16/h2-9,11,18,20H,10,12H2,1H3. The van der Waals surface area contributed by atoms with Gasteiger partial charge in [0.25, 0.3) is 0 Å². The molecule has 0 aliphatic rings. The van der Waals surface area contributed by atoms with Crippen molar-refractivity contribution in [3.8, 4) is 0 Å². The van der Waals surface area contributed by atoms with Crippen LogP contribution in [-0.4, -0.2) is 16.6 Å². The fourth-order valence-electron chi connectivity index (χ4n) is 2.33. The van der Waals surface area contributed by atoms with Crippen LogP contribution in [0.4, 0.5) is 0 Å². The van der Waals surface area contributed by atoms with Crippen LogP contribution in [0.3, 0.4) is 0 Å². The summed E-state index contributed by atoms with van der Waals surface area (Å²) in [6.45, 7) is 3.03. The van der Waals surface area contributed by atoms with Crippen LogP contribution in [0.1, 0.15) is 18.1 Å². The first kappa shape index (κ1) is 14.2. The number of fused-ring (bicyclic) bond motifs is 1. The minimum Gasteiger partial charge on any atom is -0.384 e. The number of rotatable bonds is 5. The summed E-state index contributed by atoms with van der Waals surface area (Å²) in [4.78, 5) is 4.42. The number of benzene rings is 1. The van der Waals surface area contributed by atoms with Gasteiger partial charge < -0.3 is 10.4 Å². The van der Waals surface area contributed by atoms with Crippen LogP contribution >= 0.6 is 11.3 Å². The van der Waals surface area contributed by atoms with Gasteiger partial charge in [0.2, 0.25) is 0 Å². The van der Waals surface area contributed by atoms with Crippen molar-refractivity contribution in [2.75, 3.05) is 6.54 Å². The van der Waals surface area contributed by atoms with E-state index in [1.165, 1.54) is 4.70 Å². The Bertz CT molecular complexity index is 722. The molecule has 2 aromatic heterocycles. The van der Waals surface area contributed by atoms with E-state index in [4.69, 9.17) is 0 Å². The Labute approximate surface area is 128 Å². The second-order valence-corrected chi connectivity index (χ2v) is 6.34. The molecule has 4 heteroatoms. The van der Waals surface area contributed by atoms with Crippen molar-refractivity contribution >= 4 is 21.6 Å². The van der Waals surface area contributed by atoms with E-state index in [1.54, 1.807) is 11.3 Å². The molecule has 1 atom stereocenters. The lowest BCUT2D eigenvalue weighted by molar-refractivity contribution is 0.0567. The predicted octanol–water partition coefficient (Wildman–Crippen LogP) is 3.29. The fourth-order valence-corrected chi connectivity index (χ4v) is 3.14. The predicted molar refractivity (Wildman–Crippen MR) is 87.3 cm³/mol. The van der Waals surface area contributed by atoms with Gasteiger partial charge in [-0.3, -0.25) is 4.98 Å². The average molecular weight is 298 g/mol. The molecule has 0 radical (unpaired) electrons. The molecule has 3 aromatic rings. The van der Waals surface area contributed by atoms with Gasteiger partial charge in [0, 0.05) is 19.3 Å². The number of aliphatic hydroxyl groups is 1. The van der Waals surface area contributed by atoms with Gasteiger partial charge >= 0.3 is 0 Å². The first-order chi connectivity index (χ1) is 10.1. The molecule has 0 saturated heterocycles. The molecular weight excluding hydrogens is 280 g/mol. The van der Waals surface area contributed by atoms with Crippen LogP contribution in [-0.2, 0) is 12.1 Å². The van der Waals surface area contributed by atoms with E-state index in [-0.39, 0.29) is 0 Å². The number of aromatic nitrogens is 1. The van der Waals surface area contributed by atoms with Gasteiger partial charge in [-0.05, 0) is 35.6 Å². The lowest BCUT2D eigenvalue weighted by Gasteiger charge is -2.24. The van der Waals surface area contributed by atoms with Crippen LogP contribution in [0.15, 0.2) is 54.0 Å². The van der Waals surface area contributed by atoms with Gasteiger partial charge in [-0.25, -0.2) is 0 Å². The highest BCUT2D eigenvalue weighted by molar-refractivity contribution is 7.17. The Morgan fingerprint density at radius 1 is 1.24 bits per heavy atom. The maximum absolute atomic E-state index is 10.5. The molecule has 0 saturated carbocycles. The van der Waals surface area contributed by atoms with Crippen molar-refractivity contribution in [1.82, 2.24) is 10.3 Å². The van der Waals surface area contributed by atoms with E-state index in [0.29, 0.717) is 13.1 Å². The molecule has 1 unspecified atom stereocenters. The molecule has 0 spiro atoms. The maximum atomic E-state index is 10.5. The van der Waals surface area contributed by atoms with Crippen molar-refractivity contribution in [3.05, 3.63) is 65.2 Å². The van der Waals surface area contributed by atoms with Gasteiger partial charge in [0.1, 0.15) is 0 Å². The molecule has 0 aliphatic carbocycles. The minimum absolute atomic E-state index is 0.499. The van der Waals surface area contributed by atoms with Gasteiger partial charge in [-0.1, -0.05) is 30.3 Å². The number of pyridine rings is 1. The third kappa shape index (κ3) is 3.29. The second kappa shape index (κ2) is 5.93. The molecule has 0 fully saturated rings. The molecule has 1 aromatic carbocycles. The highest BCUT2D eigenvalue weighted by atomic mass is 32.1. The Morgan fingerprint density at radius 3 is 2.86 bits per heavy atom. The summed E-state index contributed by atoms with van der Waals surface area (Å²) in [5.74, 6) is 0. The second-order valence-electron chi connectivity index (χ2n) is 5.39. The summed E-state index contributed by atoms with van der Waals surface area (Å²) >= 11 is 1.70. The molecule has 3 rings (SSSR count). The summed E-state index contributed by atoms with van der Waals surface area (Å²) < 4.78 is 1.20. The average Bonchev–Trinajstić information content (AvgIpc) is 2.95. The van der Waals surface area contributed by atoms with Crippen LogP contribution in [0.25, 0.3) is 10.2 Å². The zero-order valence-electron chi connectivity index (χ0n) is 11.9. The van der Waals surface area contributed by atoms with Crippen molar-refractivity contribution in [2.24, 2.45) is 0 Å². The molecule has 0 amide bonds. The molecule has 3 nitrogen and oxygen atoms in total. The monoisotopic (exact) mass is 298 g/mol. The van der Waals surface area contributed by atoms with Crippen molar-refractivity contribution in [3.63, 3.8) is 0 Å². The highest BCUT2D eigenvalue weighted by Gasteiger charge is 2.21. The van der Waals surface area contributed by atoms with Crippen molar-refractivity contribution in [1.29, 1.82) is 0 Å². The fraction of sp³-hybridized carbons (Fsp3) is 0.235. The third-order valence-electron chi connectivity index (χ3n) is 3.55. The highest BCUT2D eigenvalue weighted by Crippen LogP contribution is 2.21. The van der Waals surface area contributed by atoms with E-state index < -0.39 is 5.60 Å². The van der Waals surface area contributed by atoms with E-state index in [1.807, 2.05) is 49.5 Å². The summed E-state index contributed by atoms with van der Waals surface area (Å²) in [5.41, 5.74) is 2.22. The van der Waals surface area contributed by atoms with E-state index >= 15 is 0 Å². The zero-order valence-corrected chi connectivity index (χ0v) is 12.7. The van der Waals surface area contributed by atoms with Gasteiger partial charge in [-0.15, -0.1) is 11.3 Å². The van der Waals surface area contributed by atoms with Crippen LogP contribution in [0, 0.1) is 0 Å². The Hall–Kier alpha value is -1.75. The van der Waals surface area contributed by atoms with Gasteiger partial charge in [0.15, 0.2) is 0 Å². The number of hydrogen-bond donors (Lipinski definition) is 2. The Kier molecular flexibility index (Phi) is 4.01. The molecule has 108 valence electrons. The third-order valence-corrected chi connectivity index (χ3v) is 4.41. The smallest absolute Gasteiger partial charge is 0.0992 e. The lowest BCUT2D eigenvalue weighted by atomic mass is 9.96. The maximum Gasteiger partial charge on any atom is 0.0992 e. The SMILES string of the molecule is CC(O)(CNCc1cnc2ccsc2c1)c1ccccc1. The first-order valence-corrected chi connectivity index (χ1v) is 7.84. The zero-order chi connectivity index (χ0) is 14.7. The molecule has 2 N–H and O–H groups in total. The molecule has 0 bridgehead atoms. The van der Waals surface area contributed by atoms with E-state index in [9.17, 15) is 5.11 Å². The number of hydrogen-bond acceptors (Lipinski definition) is 4. The summed E-state index contributed by atoms with van der Waals surface area (Å²) in [6, 6.07) is 13.9. The van der Waals surface area contributed by atoms with Gasteiger partial charge in [-0.2, -0.15) is 0 Å². The number of nitrogens with zero attached hydrogens (tertiary/aromatic N) is 1. The van der Waals surface area contributed by atoms with Crippen molar-refractivity contribution in [2.45, 2.75) is 19.1 Å². The molecular formula is C17H18N2OS. The summed E-state index contributed by atoms with van der Waals surface area (Å²) in [6.07, 6.45) is 1.89. The summed E-state index contributed by atoms with van der Waals surface area (Å²) in [5, 5.41) is 15.9. The summed E-state index contributed by atoms with van der Waals surface area (Å²) in [7, 11) is 0. The van der Waals surface area contributed by atoms with Crippen molar-refractivity contribution < 1.29 is 5.11 Å². The normalized spacial score (nSPS) is 14.2. The van der Waals surface area contributed by atoms with Crippen LogP contribution < -0.4 is 5.32 Å². The lowest BCUT2D eigenvalue weighted by Crippen LogP contribution is -2.35. The Morgan fingerprint density at radius 2 is 2.05 bits per heavy atom. The van der Waals surface area contributed by atoms with Crippen LogP contribution in [0.5, 0.6) is 0 Å². The topological polar surface area (TPSA) is 45.1 Å². The quantitative estimate of drug-likeness (QED) is 0.759. The minimum atomic E-state index is -0.873. The largest absolute Gasteiger partial charge is 0.384 e.